The molecule has 4 heteroatoms. The van der Waals surface area contributed by atoms with Crippen LogP contribution in [0.15, 0.2) is 66.4 Å². The predicted octanol–water partition coefficient (Wildman–Crippen LogP) is 5.62. The Morgan fingerprint density at radius 1 is 0.688 bits per heavy atom. The molecular weight excluding hydrogens is 396 g/mol. The summed E-state index contributed by atoms with van der Waals surface area (Å²) in [6.45, 7) is 10.3. The fraction of sp³-hybridized carbons (Fsp3) is 0.214. The summed E-state index contributed by atoms with van der Waals surface area (Å²) in [5.41, 5.74) is 8.68. The third-order valence-electron chi connectivity index (χ3n) is 5.77. The number of rotatable bonds is 5. The van der Waals surface area contributed by atoms with Crippen molar-refractivity contribution in [1.82, 2.24) is 4.90 Å². The highest BCUT2D eigenvalue weighted by atomic mass is 16.2. The lowest BCUT2D eigenvalue weighted by atomic mass is 9.97. The number of benzene rings is 3. The van der Waals surface area contributed by atoms with Crippen molar-refractivity contribution in [2.75, 3.05) is 5.32 Å². The number of aryl methyl sites for hydroxylation is 5. The van der Waals surface area contributed by atoms with Gasteiger partial charge in [0, 0.05) is 5.69 Å². The number of nitrogens with one attached hydrogen (secondary N) is 1. The summed E-state index contributed by atoms with van der Waals surface area (Å²) in [5.74, 6) is -0.570. The minimum Gasteiger partial charge on any atom is -0.350 e. The molecule has 0 bridgehead atoms. The number of hydrogen-bond donors (Lipinski definition) is 1. The van der Waals surface area contributed by atoms with Crippen LogP contribution < -0.4 is 5.32 Å². The first kappa shape index (κ1) is 21.6. The second kappa shape index (κ2) is 8.46. The average Bonchev–Trinajstić information content (AvgIpc) is 2.93. The zero-order chi connectivity index (χ0) is 23.0. The molecule has 0 atom stereocenters. The van der Waals surface area contributed by atoms with Crippen LogP contribution >= 0.6 is 0 Å². The van der Waals surface area contributed by atoms with E-state index in [2.05, 4.69) is 11.4 Å². The summed E-state index contributed by atoms with van der Waals surface area (Å²) in [6.07, 6.45) is 0. The van der Waals surface area contributed by atoms with Crippen molar-refractivity contribution in [3.8, 4) is 0 Å². The molecule has 162 valence electrons. The molecule has 1 aliphatic heterocycles. The number of amides is 2. The van der Waals surface area contributed by atoms with Gasteiger partial charge in [-0.1, -0.05) is 59.7 Å². The van der Waals surface area contributed by atoms with Crippen LogP contribution in [0.3, 0.4) is 0 Å². The molecule has 1 heterocycles. The largest absolute Gasteiger partial charge is 0.350 e. The molecule has 1 N–H and O–H groups in total. The molecule has 1 aliphatic rings. The molecule has 32 heavy (non-hydrogen) atoms. The number of carbonyl (C=O) groups excluding carboxylic acids is 2. The molecule has 0 aromatic heterocycles. The number of carbonyl (C=O) groups is 2. The van der Waals surface area contributed by atoms with E-state index in [-0.39, 0.29) is 18.4 Å². The van der Waals surface area contributed by atoms with E-state index >= 15 is 0 Å². The molecule has 0 unspecified atom stereocenters. The van der Waals surface area contributed by atoms with Crippen LogP contribution in [0, 0.1) is 34.6 Å². The maximum atomic E-state index is 13.6. The van der Waals surface area contributed by atoms with Gasteiger partial charge in [-0.3, -0.25) is 14.5 Å². The second-order valence-electron chi connectivity index (χ2n) is 8.75. The molecule has 3 aromatic carbocycles. The number of imide groups is 1. The molecule has 2 amide bonds. The first-order valence-electron chi connectivity index (χ1n) is 10.8. The van der Waals surface area contributed by atoms with Gasteiger partial charge in [-0.05, 0) is 74.6 Å². The first-order valence-corrected chi connectivity index (χ1v) is 10.8. The topological polar surface area (TPSA) is 49.4 Å². The summed E-state index contributed by atoms with van der Waals surface area (Å²) in [5, 5.41) is 3.29. The Labute approximate surface area is 189 Å². The first-order chi connectivity index (χ1) is 15.2. The van der Waals surface area contributed by atoms with Gasteiger partial charge in [-0.25, -0.2) is 0 Å². The Morgan fingerprint density at radius 2 is 1.31 bits per heavy atom. The molecular formula is C28H28N2O2. The van der Waals surface area contributed by atoms with Crippen molar-refractivity contribution in [3.63, 3.8) is 0 Å². The summed E-state index contributed by atoms with van der Waals surface area (Å²) in [6, 6.07) is 19.9. The molecule has 4 rings (SSSR count). The van der Waals surface area contributed by atoms with E-state index in [0.717, 1.165) is 44.6 Å². The van der Waals surface area contributed by atoms with Gasteiger partial charge >= 0.3 is 0 Å². The summed E-state index contributed by atoms with van der Waals surface area (Å²) < 4.78 is 0. The Hall–Kier alpha value is -3.66. The fourth-order valence-corrected chi connectivity index (χ4v) is 4.25. The van der Waals surface area contributed by atoms with E-state index in [1.165, 1.54) is 4.90 Å². The number of anilines is 1. The smallest absolute Gasteiger partial charge is 0.278 e. The highest BCUT2D eigenvalue weighted by molar-refractivity contribution is 6.36. The van der Waals surface area contributed by atoms with Gasteiger partial charge in [0.1, 0.15) is 5.70 Å². The molecule has 0 saturated heterocycles. The highest BCUT2D eigenvalue weighted by Gasteiger charge is 2.39. The minimum atomic E-state index is -0.301. The van der Waals surface area contributed by atoms with Crippen LogP contribution in [0.25, 0.3) is 5.57 Å². The summed E-state index contributed by atoms with van der Waals surface area (Å²) in [4.78, 5) is 28.4. The van der Waals surface area contributed by atoms with Crippen LogP contribution in [0.5, 0.6) is 0 Å². The molecule has 0 aliphatic carbocycles. The fourth-order valence-electron chi connectivity index (χ4n) is 4.25. The van der Waals surface area contributed by atoms with Gasteiger partial charge in [0.25, 0.3) is 11.8 Å². The zero-order valence-electron chi connectivity index (χ0n) is 19.2. The lowest BCUT2D eigenvalue weighted by molar-refractivity contribution is -0.137. The maximum absolute atomic E-state index is 13.6. The summed E-state index contributed by atoms with van der Waals surface area (Å²) in [7, 11) is 0. The van der Waals surface area contributed by atoms with Crippen LogP contribution in [-0.2, 0) is 16.1 Å². The van der Waals surface area contributed by atoms with Crippen molar-refractivity contribution >= 4 is 23.1 Å². The van der Waals surface area contributed by atoms with Crippen LogP contribution in [0.1, 0.15) is 38.9 Å². The second-order valence-corrected chi connectivity index (χ2v) is 8.75. The standard InChI is InChI=1S/C28H28N2O2/c1-17-6-9-22(10-7-17)16-30-27(31)25(24-11-8-18(2)13-21(24)5)26(28(30)32)29-23-14-19(3)12-20(4)15-23/h6-15,29H,16H2,1-5H3. The zero-order valence-corrected chi connectivity index (χ0v) is 19.2. The lowest BCUT2D eigenvalue weighted by Crippen LogP contribution is -2.32. The van der Waals surface area contributed by atoms with Gasteiger partial charge in [0.2, 0.25) is 0 Å². The molecule has 4 nitrogen and oxygen atoms in total. The van der Waals surface area contributed by atoms with E-state index in [9.17, 15) is 9.59 Å². The van der Waals surface area contributed by atoms with Gasteiger partial charge in [0.15, 0.2) is 0 Å². The van der Waals surface area contributed by atoms with Crippen LogP contribution in [-0.4, -0.2) is 16.7 Å². The van der Waals surface area contributed by atoms with Crippen molar-refractivity contribution < 1.29 is 9.59 Å². The van der Waals surface area contributed by atoms with E-state index in [1.54, 1.807) is 0 Å². The molecule has 3 aromatic rings. The van der Waals surface area contributed by atoms with E-state index < -0.39 is 0 Å². The van der Waals surface area contributed by atoms with Gasteiger partial charge in [-0.2, -0.15) is 0 Å². The maximum Gasteiger partial charge on any atom is 0.278 e. The minimum absolute atomic E-state index is 0.240. The third kappa shape index (κ3) is 4.22. The predicted molar refractivity (Wildman–Crippen MR) is 129 cm³/mol. The molecule has 0 radical (unpaired) electrons. The highest BCUT2D eigenvalue weighted by Crippen LogP contribution is 2.33. The van der Waals surface area contributed by atoms with Crippen LogP contribution in [0.4, 0.5) is 5.69 Å². The number of hydrogen-bond acceptors (Lipinski definition) is 3. The Morgan fingerprint density at radius 3 is 1.94 bits per heavy atom. The van der Waals surface area contributed by atoms with Crippen LogP contribution in [0.2, 0.25) is 0 Å². The monoisotopic (exact) mass is 424 g/mol. The molecule has 0 saturated carbocycles. The molecule has 0 spiro atoms. The normalized spacial score (nSPS) is 13.8. The van der Waals surface area contributed by atoms with Crippen molar-refractivity contribution in [1.29, 1.82) is 0 Å². The van der Waals surface area contributed by atoms with Gasteiger partial charge in [0.05, 0.1) is 12.1 Å². The van der Waals surface area contributed by atoms with E-state index in [4.69, 9.17) is 0 Å². The van der Waals surface area contributed by atoms with Crippen molar-refractivity contribution in [2.45, 2.75) is 41.2 Å². The SMILES string of the molecule is Cc1ccc(CN2C(=O)C(Nc3cc(C)cc(C)c3)=C(c3ccc(C)cc3C)C2=O)cc1. The van der Waals surface area contributed by atoms with E-state index in [1.807, 2.05) is 89.2 Å². The Kier molecular flexibility index (Phi) is 5.70. The lowest BCUT2D eigenvalue weighted by Gasteiger charge is -2.16. The Bertz CT molecular complexity index is 1230. The van der Waals surface area contributed by atoms with Crippen molar-refractivity contribution in [3.05, 3.63) is 105 Å². The number of nitrogens with zero attached hydrogens (tertiary/aromatic N) is 1. The third-order valence-corrected chi connectivity index (χ3v) is 5.77. The van der Waals surface area contributed by atoms with E-state index in [0.29, 0.717) is 11.3 Å². The molecule has 0 fully saturated rings. The quantitative estimate of drug-likeness (QED) is 0.541. The Balaban J connectivity index is 1.79. The van der Waals surface area contributed by atoms with Gasteiger partial charge in [-0.15, -0.1) is 0 Å². The average molecular weight is 425 g/mol. The van der Waals surface area contributed by atoms with Gasteiger partial charge < -0.3 is 5.32 Å². The van der Waals surface area contributed by atoms with Crippen molar-refractivity contribution in [2.24, 2.45) is 0 Å². The summed E-state index contributed by atoms with van der Waals surface area (Å²) >= 11 is 0.